The fourth-order valence-corrected chi connectivity index (χ4v) is 2.02. The third-order valence-electron chi connectivity index (χ3n) is 3.17. The van der Waals surface area contributed by atoms with Crippen LogP contribution >= 0.6 is 0 Å². The second kappa shape index (κ2) is 9.72. The fourth-order valence-electron chi connectivity index (χ4n) is 2.02. The molecular formula is C19H18N2O4. The maximum Gasteiger partial charge on any atom is 0.328 e. The monoisotopic (exact) mass is 338 g/mol. The molecule has 0 aliphatic carbocycles. The first-order valence-corrected chi connectivity index (χ1v) is 7.49. The standard InChI is InChI=1S/C19H18N2O4/c1-24-21-18(16-8-3-2-4-9-16)13-20-25-14-17-10-6-5-7-15(17)11-12-19(22)23/h2-12,21H,14H2,1H3,(H,22,23). The number of aliphatic carboxylic acids is 1. The average molecular weight is 338 g/mol. The van der Waals surface area contributed by atoms with Gasteiger partial charge in [0.25, 0.3) is 0 Å². The zero-order valence-corrected chi connectivity index (χ0v) is 13.7. The van der Waals surface area contributed by atoms with Gasteiger partial charge in [-0.1, -0.05) is 54.6 Å². The van der Waals surface area contributed by atoms with Gasteiger partial charge >= 0.3 is 5.97 Å². The van der Waals surface area contributed by atoms with Gasteiger partial charge in [0.1, 0.15) is 12.3 Å². The van der Waals surface area contributed by atoms with E-state index in [4.69, 9.17) is 14.8 Å². The van der Waals surface area contributed by atoms with Crippen molar-refractivity contribution in [3.8, 4) is 0 Å². The number of benzene rings is 2. The highest BCUT2D eigenvalue weighted by molar-refractivity contribution is 5.88. The van der Waals surface area contributed by atoms with Crippen LogP contribution in [0.3, 0.4) is 0 Å². The highest BCUT2D eigenvalue weighted by atomic mass is 16.6. The molecular weight excluding hydrogens is 320 g/mol. The van der Waals surface area contributed by atoms with Gasteiger partial charge in [0, 0.05) is 11.6 Å². The van der Waals surface area contributed by atoms with Crippen molar-refractivity contribution >= 4 is 23.6 Å². The molecule has 0 saturated carbocycles. The van der Waals surface area contributed by atoms with E-state index in [2.05, 4.69) is 16.5 Å². The molecule has 0 unspecified atom stereocenters. The molecule has 2 rings (SSSR count). The highest BCUT2D eigenvalue weighted by Gasteiger charge is 2.01. The third kappa shape index (κ3) is 5.99. The van der Waals surface area contributed by atoms with Gasteiger partial charge in [-0.05, 0) is 22.4 Å². The Morgan fingerprint density at radius 3 is 2.64 bits per heavy atom. The zero-order valence-electron chi connectivity index (χ0n) is 13.7. The lowest BCUT2D eigenvalue weighted by molar-refractivity contribution is -0.131. The normalized spacial score (nSPS) is 10.1. The Morgan fingerprint density at radius 2 is 1.92 bits per heavy atom. The van der Waals surface area contributed by atoms with Crippen LogP contribution in [0.15, 0.2) is 65.8 Å². The summed E-state index contributed by atoms with van der Waals surface area (Å²) in [7, 11) is 1.50. The van der Waals surface area contributed by atoms with E-state index in [1.807, 2.05) is 48.5 Å². The predicted molar refractivity (Wildman–Crippen MR) is 95.3 cm³/mol. The summed E-state index contributed by atoms with van der Waals surface area (Å²) in [5.41, 5.74) is 5.64. The van der Waals surface area contributed by atoms with Crippen LogP contribution in [-0.4, -0.2) is 24.1 Å². The first-order valence-electron chi connectivity index (χ1n) is 7.49. The van der Waals surface area contributed by atoms with Crippen LogP contribution in [0.1, 0.15) is 16.7 Å². The van der Waals surface area contributed by atoms with Gasteiger partial charge in [-0.2, -0.15) is 0 Å². The van der Waals surface area contributed by atoms with Crippen LogP contribution in [0, 0.1) is 0 Å². The summed E-state index contributed by atoms with van der Waals surface area (Å²) in [6, 6.07) is 16.8. The summed E-state index contributed by atoms with van der Waals surface area (Å²) in [5.74, 6) is 1.74. The minimum Gasteiger partial charge on any atom is -0.478 e. The van der Waals surface area contributed by atoms with Crippen LogP contribution in [0.2, 0.25) is 0 Å². The van der Waals surface area contributed by atoms with Gasteiger partial charge in [-0.25, -0.2) is 4.79 Å². The average Bonchev–Trinajstić information content (AvgIpc) is 2.64. The topological polar surface area (TPSA) is 80.1 Å². The van der Waals surface area contributed by atoms with E-state index in [1.165, 1.54) is 13.2 Å². The van der Waals surface area contributed by atoms with Gasteiger partial charge < -0.3 is 9.94 Å². The summed E-state index contributed by atoms with van der Waals surface area (Å²) in [6.45, 7) is 0.183. The zero-order chi connectivity index (χ0) is 17.9. The second-order valence-electron chi connectivity index (χ2n) is 4.89. The quantitative estimate of drug-likeness (QED) is 0.439. The molecule has 0 saturated heterocycles. The van der Waals surface area contributed by atoms with E-state index in [0.717, 1.165) is 22.8 Å². The van der Waals surface area contributed by atoms with Crippen molar-refractivity contribution in [3.63, 3.8) is 0 Å². The highest BCUT2D eigenvalue weighted by Crippen LogP contribution is 2.12. The lowest BCUT2D eigenvalue weighted by Crippen LogP contribution is -2.10. The molecule has 0 amide bonds. The third-order valence-corrected chi connectivity index (χ3v) is 3.17. The number of rotatable bonds is 8. The van der Waals surface area contributed by atoms with Crippen molar-refractivity contribution in [1.29, 1.82) is 0 Å². The molecule has 0 bridgehead atoms. The van der Waals surface area contributed by atoms with Crippen LogP contribution < -0.4 is 5.48 Å². The molecule has 25 heavy (non-hydrogen) atoms. The molecule has 2 aromatic carbocycles. The van der Waals surface area contributed by atoms with E-state index in [9.17, 15) is 4.79 Å². The Morgan fingerprint density at radius 1 is 1.20 bits per heavy atom. The smallest absolute Gasteiger partial charge is 0.328 e. The largest absolute Gasteiger partial charge is 0.478 e. The van der Waals surface area contributed by atoms with E-state index in [1.54, 1.807) is 6.07 Å². The van der Waals surface area contributed by atoms with Crippen molar-refractivity contribution in [1.82, 2.24) is 5.48 Å². The number of hydrogen-bond acceptors (Lipinski definition) is 5. The van der Waals surface area contributed by atoms with Crippen LogP contribution in [0.25, 0.3) is 11.8 Å². The Labute approximate surface area is 145 Å². The van der Waals surface area contributed by atoms with E-state index in [0.29, 0.717) is 5.70 Å². The van der Waals surface area contributed by atoms with Gasteiger partial charge in [0.15, 0.2) is 0 Å². The number of hydroxylamine groups is 1. The molecule has 6 nitrogen and oxygen atoms in total. The molecule has 6 heteroatoms. The molecule has 0 aliphatic heterocycles. The Bertz CT molecular complexity index is 794. The maximum absolute atomic E-state index is 10.6. The second-order valence-corrected chi connectivity index (χ2v) is 4.89. The van der Waals surface area contributed by atoms with Crippen molar-refractivity contribution in [2.75, 3.05) is 7.11 Å². The number of hydrogen-bond donors (Lipinski definition) is 2. The molecule has 0 fully saturated rings. The van der Waals surface area contributed by atoms with Gasteiger partial charge in [0.2, 0.25) is 0 Å². The number of carbonyl (C=O) groups is 1. The summed E-state index contributed by atoms with van der Waals surface area (Å²) >= 11 is 0. The molecule has 2 aromatic rings. The van der Waals surface area contributed by atoms with Crippen molar-refractivity contribution in [2.24, 2.45) is 5.16 Å². The predicted octanol–water partition coefficient (Wildman–Crippen LogP) is 3.08. The van der Waals surface area contributed by atoms with Gasteiger partial charge in [0.05, 0.1) is 13.0 Å². The van der Waals surface area contributed by atoms with Gasteiger partial charge in [-0.15, -0.1) is 0 Å². The number of nitrogens with one attached hydrogen (secondary N) is 1. The van der Waals surface area contributed by atoms with Crippen LogP contribution in [0.5, 0.6) is 0 Å². The maximum atomic E-state index is 10.6. The summed E-state index contributed by atoms with van der Waals surface area (Å²) in [6.07, 6.45) is 2.60. The van der Waals surface area contributed by atoms with Crippen molar-refractivity contribution < 1.29 is 19.6 Å². The Hall–Kier alpha value is -3.34. The fraction of sp³-hybridized carbons (Fsp3) is 0.105. The Kier molecular flexibility index (Phi) is 7.00. The van der Waals surface area contributed by atoms with Crippen molar-refractivity contribution in [2.45, 2.75) is 6.61 Å². The first-order chi connectivity index (χ1) is 12.2. The van der Waals surface area contributed by atoms with Crippen molar-refractivity contribution in [3.05, 3.63) is 77.4 Å². The van der Waals surface area contributed by atoms with E-state index >= 15 is 0 Å². The molecule has 0 heterocycles. The molecule has 2 N–H and O–H groups in total. The molecule has 0 atom stereocenters. The molecule has 0 radical (unpaired) electrons. The lowest BCUT2D eigenvalue weighted by Gasteiger charge is -2.05. The molecule has 0 spiro atoms. The van der Waals surface area contributed by atoms with Crippen LogP contribution in [0.4, 0.5) is 0 Å². The molecule has 0 aliphatic rings. The lowest BCUT2D eigenvalue weighted by atomic mass is 10.1. The summed E-state index contributed by atoms with van der Waals surface area (Å²) < 4.78 is 0. The first kappa shape index (κ1) is 18.0. The molecule has 0 aromatic heterocycles. The minimum absolute atomic E-state index is 0.183. The minimum atomic E-state index is -1.00. The van der Waals surface area contributed by atoms with Gasteiger partial charge in [-0.3, -0.25) is 10.3 Å². The van der Waals surface area contributed by atoms with E-state index < -0.39 is 5.97 Å². The summed E-state index contributed by atoms with van der Waals surface area (Å²) in [5, 5.41) is 12.6. The number of carboxylic acids is 1. The summed E-state index contributed by atoms with van der Waals surface area (Å²) in [4.78, 5) is 20.8. The van der Waals surface area contributed by atoms with E-state index in [-0.39, 0.29) is 6.61 Å². The Balaban J connectivity index is 2.10. The number of carboxylic acid groups (broad SMARTS) is 1. The molecule has 128 valence electrons. The number of nitrogens with zero attached hydrogens (tertiary/aromatic N) is 1. The van der Waals surface area contributed by atoms with Crippen LogP contribution in [-0.2, 0) is 21.1 Å². The SMILES string of the molecule is CONC(=C=NOCc1ccccc1C=CC(=O)O)c1ccccc1.